The van der Waals surface area contributed by atoms with Gasteiger partial charge in [0.2, 0.25) is 0 Å². The molecule has 21 heavy (non-hydrogen) atoms. The number of hydrogen-bond donors (Lipinski definition) is 0. The Labute approximate surface area is 129 Å². The summed E-state index contributed by atoms with van der Waals surface area (Å²) in [6, 6.07) is 4.52. The minimum atomic E-state index is -0.0893. The number of likely N-dealkylation sites (N-methyl/N-ethyl adjacent to an activating group) is 1. The van der Waals surface area contributed by atoms with Gasteiger partial charge in [0, 0.05) is 30.9 Å². The fourth-order valence-electron chi connectivity index (χ4n) is 3.04. The number of rotatable bonds is 5. The molecule has 2 aliphatic rings. The topological polar surface area (TPSA) is 42.0 Å². The Hall–Kier alpha value is -0.950. The van der Waals surface area contributed by atoms with Crippen LogP contribution in [0.1, 0.15) is 17.3 Å². The summed E-state index contributed by atoms with van der Waals surface area (Å²) >= 11 is 1.78. The van der Waals surface area contributed by atoms with Crippen molar-refractivity contribution in [2.45, 2.75) is 18.5 Å². The molecule has 2 atom stereocenters. The third-order valence-electron chi connectivity index (χ3n) is 4.26. The number of ether oxygens (including phenoxy) is 2. The van der Waals surface area contributed by atoms with Gasteiger partial charge in [0.25, 0.3) is 0 Å². The van der Waals surface area contributed by atoms with Gasteiger partial charge < -0.3 is 9.47 Å². The van der Waals surface area contributed by atoms with Crippen molar-refractivity contribution in [3.8, 4) is 0 Å². The van der Waals surface area contributed by atoms with Crippen LogP contribution >= 0.6 is 11.3 Å². The van der Waals surface area contributed by atoms with Gasteiger partial charge in [-0.25, -0.2) is 0 Å². The summed E-state index contributed by atoms with van der Waals surface area (Å²) < 4.78 is 10.6. The van der Waals surface area contributed by atoms with Gasteiger partial charge in [0.15, 0.2) is 0 Å². The Bertz CT molecular complexity index is 459. The van der Waals surface area contributed by atoms with Gasteiger partial charge in [-0.3, -0.25) is 14.6 Å². The zero-order valence-corrected chi connectivity index (χ0v) is 13.2. The van der Waals surface area contributed by atoms with Crippen molar-refractivity contribution in [3.05, 3.63) is 22.4 Å². The average molecular weight is 310 g/mol. The molecule has 116 valence electrons. The highest BCUT2D eigenvalue weighted by molar-refractivity contribution is 7.10. The van der Waals surface area contributed by atoms with Gasteiger partial charge in [0.1, 0.15) is 6.04 Å². The van der Waals surface area contributed by atoms with Gasteiger partial charge in [-0.2, -0.15) is 0 Å². The number of thiophene rings is 1. The first-order chi connectivity index (χ1) is 10.3. The van der Waals surface area contributed by atoms with Crippen LogP contribution < -0.4 is 0 Å². The van der Waals surface area contributed by atoms with Crippen molar-refractivity contribution in [2.24, 2.45) is 0 Å². The minimum absolute atomic E-state index is 0.0793. The lowest BCUT2D eigenvalue weighted by Crippen LogP contribution is -2.45. The van der Waals surface area contributed by atoms with Crippen molar-refractivity contribution in [3.63, 3.8) is 0 Å². The monoisotopic (exact) mass is 310 g/mol. The first-order valence-corrected chi connectivity index (χ1v) is 8.36. The number of morpholine rings is 1. The highest BCUT2D eigenvalue weighted by atomic mass is 32.1. The van der Waals surface area contributed by atoms with E-state index < -0.39 is 0 Å². The third-order valence-corrected chi connectivity index (χ3v) is 5.23. The molecule has 2 aliphatic heterocycles. The quantitative estimate of drug-likeness (QED) is 0.769. The molecule has 0 N–H and O–H groups in total. The molecule has 0 amide bonds. The maximum absolute atomic E-state index is 11.8. The number of esters is 1. The van der Waals surface area contributed by atoms with Crippen molar-refractivity contribution in [1.29, 1.82) is 0 Å². The predicted octanol–water partition coefficient (Wildman–Crippen LogP) is 1.37. The fourth-order valence-corrected chi connectivity index (χ4v) is 3.89. The number of hydrogen-bond acceptors (Lipinski definition) is 6. The highest BCUT2D eigenvalue weighted by Crippen LogP contribution is 2.28. The molecular formula is C15H22N2O3S. The summed E-state index contributed by atoms with van der Waals surface area (Å²) in [6.07, 6.45) is 0.801. The van der Waals surface area contributed by atoms with E-state index in [2.05, 4.69) is 27.3 Å². The second kappa shape index (κ2) is 6.87. The average Bonchev–Trinajstić information content (AvgIpc) is 3.17. The third kappa shape index (κ3) is 3.45. The van der Waals surface area contributed by atoms with Crippen LogP contribution in [0.25, 0.3) is 0 Å². The molecule has 0 aromatic carbocycles. The van der Waals surface area contributed by atoms with Crippen LogP contribution in [-0.2, 0) is 14.3 Å². The molecule has 2 saturated heterocycles. The second-order valence-electron chi connectivity index (χ2n) is 5.59. The molecule has 1 aromatic rings. The van der Waals surface area contributed by atoms with E-state index in [4.69, 9.17) is 9.47 Å². The number of cyclic esters (lactones) is 1. The van der Waals surface area contributed by atoms with E-state index in [0.717, 1.165) is 39.3 Å². The molecule has 3 heterocycles. The number of carbonyl (C=O) groups excluding carboxylic acids is 1. The normalized spacial score (nSPS) is 25.2. The molecule has 0 bridgehead atoms. The van der Waals surface area contributed by atoms with Crippen LogP contribution in [0.15, 0.2) is 17.5 Å². The molecule has 5 nitrogen and oxygen atoms in total. The summed E-state index contributed by atoms with van der Waals surface area (Å²) in [7, 11) is 2.03. The van der Waals surface area contributed by atoms with E-state index in [9.17, 15) is 4.79 Å². The second-order valence-corrected chi connectivity index (χ2v) is 6.57. The standard InChI is InChI=1S/C15H22N2O3S/c1-16(12-4-7-20-15(12)18)11-13(14-3-2-10-21-14)17-5-8-19-9-6-17/h2-3,10,12-13H,4-9,11H2,1H3/t12-,13+/m1/s1. The van der Waals surface area contributed by atoms with Crippen LogP contribution in [0, 0.1) is 0 Å². The van der Waals surface area contributed by atoms with Crippen LogP contribution in [0.3, 0.4) is 0 Å². The zero-order valence-electron chi connectivity index (χ0n) is 12.4. The van der Waals surface area contributed by atoms with Gasteiger partial charge in [-0.05, 0) is 18.5 Å². The highest BCUT2D eigenvalue weighted by Gasteiger charge is 2.33. The SMILES string of the molecule is CN(C[C@@H](c1cccs1)N1CCOCC1)[C@@H]1CCOC1=O. The molecule has 0 saturated carbocycles. The Morgan fingerprint density at radius 3 is 2.86 bits per heavy atom. The lowest BCUT2D eigenvalue weighted by molar-refractivity contribution is -0.142. The van der Waals surface area contributed by atoms with Crippen LogP contribution in [-0.4, -0.2) is 68.3 Å². The first kappa shape index (κ1) is 15.0. The van der Waals surface area contributed by atoms with Crippen LogP contribution in [0.4, 0.5) is 0 Å². The van der Waals surface area contributed by atoms with Crippen molar-refractivity contribution in [2.75, 3.05) is 46.5 Å². The largest absolute Gasteiger partial charge is 0.464 e. The number of nitrogens with zero attached hydrogens (tertiary/aromatic N) is 2. The summed E-state index contributed by atoms with van der Waals surface area (Å²) in [5.41, 5.74) is 0. The Morgan fingerprint density at radius 1 is 1.43 bits per heavy atom. The fraction of sp³-hybridized carbons (Fsp3) is 0.667. The molecule has 2 fully saturated rings. The Balaban J connectivity index is 1.71. The van der Waals surface area contributed by atoms with Gasteiger partial charge in [0.05, 0.1) is 25.9 Å². The molecule has 6 heteroatoms. The Kier molecular flexibility index (Phi) is 4.90. The van der Waals surface area contributed by atoms with Crippen molar-refractivity contribution < 1.29 is 14.3 Å². The maximum Gasteiger partial charge on any atom is 0.323 e. The van der Waals surface area contributed by atoms with Crippen molar-refractivity contribution >= 4 is 17.3 Å². The predicted molar refractivity (Wildman–Crippen MR) is 81.4 cm³/mol. The van der Waals surface area contributed by atoms with Crippen LogP contribution in [0.5, 0.6) is 0 Å². The lowest BCUT2D eigenvalue weighted by atomic mass is 10.1. The van der Waals surface area contributed by atoms with E-state index in [0.29, 0.717) is 12.6 Å². The summed E-state index contributed by atoms with van der Waals surface area (Å²) in [5.74, 6) is -0.0793. The maximum atomic E-state index is 11.8. The van der Waals surface area contributed by atoms with Gasteiger partial charge in [-0.15, -0.1) is 11.3 Å². The smallest absolute Gasteiger partial charge is 0.323 e. The Morgan fingerprint density at radius 2 is 2.24 bits per heavy atom. The van der Waals surface area contributed by atoms with E-state index in [-0.39, 0.29) is 12.0 Å². The van der Waals surface area contributed by atoms with E-state index in [1.807, 2.05) is 7.05 Å². The summed E-state index contributed by atoms with van der Waals surface area (Å²) in [6.45, 7) is 4.88. The minimum Gasteiger partial charge on any atom is -0.464 e. The summed E-state index contributed by atoms with van der Waals surface area (Å²) in [4.78, 5) is 17.7. The first-order valence-electron chi connectivity index (χ1n) is 7.48. The molecule has 0 radical (unpaired) electrons. The molecule has 0 unspecified atom stereocenters. The van der Waals surface area contributed by atoms with E-state index >= 15 is 0 Å². The molecular weight excluding hydrogens is 288 g/mol. The molecule has 0 aliphatic carbocycles. The van der Waals surface area contributed by atoms with Gasteiger partial charge in [-0.1, -0.05) is 6.07 Å². The lowest BCUT2D eigenvalue weighted by Gasteiger charge is -2.37. The van der Waals surface area contributed by atoms with Crippen molar-refractivity contribution in [1.82, 2.24) is 9.80 Å². The molecule has 0 spiro atoms. The van der Waals surface area contributed by atoms with Gasteiger partial charge >= 0.3 is 5.97 Å². The zero-order chi connectivity index (χ0) is 14.7. The van der Waals surface area contributed by atoms with E-state index in [1.165, 1.54) is 4.88 Å². The molecule has 3 rings (SSSR count). The van der Waals surface area contributed by atoms with Crippen LogP contribution in [0.2, 0.25) is 0 Å². The van der Waals surface area contributed by atoms with E-state index in [1.54, 1.807) is 11.3 Å². The summed E-state index contributed by atoms with van der Waals surface area (Å²) in [5, 5.41) is 2.12. The molecule has 1 aromatic heterocycles. The number of carbonyl (C=O) groups is 1.